The molecule has 0 aliphatic carbocycles. The summed E-state index contributed by atoms with van der Waals surface area (Å²) in [5.74, 6) is 1.76. The van der Waals surface area contributed by atoms with Crippen LogP contribution in [0.3, 0.4) is 0 Å². The highest BCUT2D eigenvalue weighted by Crippen LogP contribution is 2.43. The molecule has 0 aromatic rings. The fourth-order valence-electron chi connectivity index (χ4n) is 4.63. The Bertz CT molecular complexity index is 403. The van der Waals surface area contributed by atoms with Crippen molar-refractivity contribution in [2.45, 2.75) is 44.6 Å². The van der Waals surface area contributed by atoms with E-state index in [0.717, 1.165) is 31.3 Å². The maximum absolute atomic E-state index is 12.1. The van der Waals surface area contributed by atoms with Crippen LogP contribution in [0.25, 0.3) is 0 Å². The molecular formula is C15H22N2O. The van der Waals surface area contributed by atoms with Crippen LogP contribution in [-0.2, 0) is 4.79 Å². The number of rotatable bonds is 0. The van der Waals surface area contributed by atoms with Gasteiger partial charge in [0.25, 0.3) is 0 Å². The average Bonchev–Trinajstić information content (AvgIpc) is 2.40. The van der Waals surface area contributed by atoms with Gasteiger partial charge in [0, 0.05) is 37.2 Å². The first-order valence-corrected chi connectivity index (χ1v) is 7.57. The summed E-state index contributed by atoms with van der Waals surface area (Å²) in [4.78, 5) is 16.9. The molecule has 0 saturated carbocycles. The Morgan fingerprint density at radius 2 is 2.17 bits per heavy atom. The van der Waals surface area contributed by atoms with Crippen LogP contribution in [0.1, 0.15) is 38.5 Å². The highest BCUT2D eigenvalue weighted by Gasteiger charge is 2.45. The summed E-state index contributed by atoms with van der Waals surface area (Å²) < 4.78 is 0. The summed E-state index contributed by atoms with van der Waals surface area (Å²) in [5.41, 5.74) is 1.37. The van der Waals surface area contributed by atoms with E-state index in [1.807, 2.05) is 0 Å². The van der Waals surface area contributed by atoms with Crippen LogP contribution in [0.4, 0.5) is 0 Å². The van der Waals surface area contributed by atoms with Gasteiger partial charge in [-0.15, -0.1) is 0 Å². The summed E-state index contributed by atoms with van der Waals surface area (Å²) in [5, 5.41) is 0. The van der Waals surface area contributed by atoms with E-state index in [1.54, 1.807) is 0 Å². The minimum absolute atomic E-state index is 0.381. The smallest absolute Gasteiger partial charge is 0.227 e. The second kappa shape index (κ2) is 4.09. The lowest BCUT2D eigenvalue weighted by atomic mass is 9.74. The van der Waals surface area contributed by atoms with Crippen LogP contribution < -0.4 is 0 Å². The first kappa shape index (κ1) is 11.0. The van der Waals surface area contributed by atoms with Crippen molar-refractivity contribution >= 4 is 5.91 Å². The predicted octanol–water partition coefficient (Wildman–Crippen LogP) is 2.00. The van der Waals surface area contributed by atoms with Crippen LogP contribution in [0.15, 0.2) is 11.8 Å². The van der Waals surface area contributed by atoms with Gasteiger partial charge >= 0.3 is 0 Å². The molecule has 2 unspecified atom stereocenters. The molecule has 3 fully saturated rings. The SMILES string of the molecule is O=C1CCC=C2C3CC(CN12)[C@@H]1CCCCN1C3. The highest BCUT2D eigenvalue weighted by atomic mass is 16.2. The quantitative estimate of drug-likeness (QED) is 0.652. The van der Waals surface area contributed by atoms with Gasteiger partial charge in [-0.05, 0) is 38.1 Å². The number of fused-ring (bicyclic) bond motifs is 6. The number of amides is 1. The number of hydrogen-bond acceptors (Lipinski definition) is 2. The molecule has 0 N–H and O–H groups in total. The Kier molecular flexibility index (Phi) is 2.51. The van der Waals surface area contributed by atoms with Crippen LogP contribution in [0.5, 0.6) is 0 Å². The maximum atomic E-state index is 12.1. The van der Waals surface area contributed by atoms with E-state index in [0.29, 0.717) is 11.8 Å². The third-order valence-corrected chi connectivity index (χ3v) is 5.41. The van der Waals surface area contributed by atoms with Gasteiger partial charge in [0.2, 0.25) is 5.91 Å². The Morgan fingerprint density at radius 3 is 3.11 bits per heavy atom. The van der Waals surface area contributed by atoms with E-state index in [-0.39, 0.29) is 0 Å². The van der Waals surface area contributed by atoms with E-state index < -0.39 is 0 Å². The molecule has 3 atom stereocenters. The van der Waals surface area contributed by atoms with Crippen molar-refractivity contribution in [2.75, 3.05) is 19.6 Å². The number of carbonyl (C=O) groups is 1. The Hall–Kier alpha value is -0.830. The van der Waals surface area contributed by atoms with Gasteiger partial charge in [0.1, 0.15) is 0 Å². The van der Waals surface area contributed by atoms with Crippen LogP contribution in [0, 0.1) is 11.8 Å². The van der Waals surface area contributed by atoms with E-state index in [4.69, 9.17) is 0 Å². The molecule has 0 spiro atoms. The standard InChI is InChI=1S/C15H22N2O/c18-15-6-3-5-14-11-8-12(10-17(14)15)13-4-1-2-7-16(13)9-11/h5,11-13H,1-4,6-10H2/t11?,12?,13-/m0/s1. The van der Waals surface area contributed by atoms with Gasteiger partial charge < -0.3 is 4.90 Å². The van der Waals surface area contributed by atoms with E-state index in [1.165, 1.54) is 44.5 Å². The summed E-state index contributed by atoms with van der Waals surface area (Å²) in [6.07, 6.45) is 9.49. The molecule has 4 aliphatic heterocycles. The second-order valence-corrected chi connectivity index (χ2v) is 6.42. The monoisotopic (exact) mass is 246 g/mol. The van der Waals surface area contributed by atoms with Crippen molar-refractivity contribution in [1.29, 1.82) is 0 Å². The Balaban J connectivity index is 1.65. The molecule has 18 heavy (non-hydrogen) atoms. The molecule has 3 heteroatoms. The van der Waals surface area contributed by atoms with Gasteiger partial charge in [-0.2, -0.15) is 0 Å². The fourth-order valence-corrected chi connectivity index (χ4v) is 4.63. The second-order valence-electron chi connectivity index (χ2n) is 6.42. The molecule has 0 radical (unpaired) electrons. The Morgan fingerprint density at radius 1 is 1.22 bits per heavy atom. The van der Waals surface area contributed by atoms with E-state index in [9.17, 15) is 4.79 Å². The number of piperidine rings is 3. The van der Waals surface area contributed by atoms with Crippen molar-refractivity contribution in [3.63, 3.8) is 0 Å². The zero-order valence-electron chi connectivity index (χ0n) is 11.0. The molecule has 4 heterocycles. The maximum Gasteiger partial charge on any atom is 0.227 e. The van der Waals surface area contributed by atoms with E-state index >= 15 is 0 Å². The molecule has 3 nitrogen and oxygen atoms in total. The molecule has 0 aromatic heterocycles. The highest BCUT2D eigenvalue weighted by molar-refractivity contribution is 5.79. The first-order chi connectivity index (χ1) is 8.83. The molecule has 98 valence electrons. The summed E-state index contributed by atoms with van der Waals surface area (Å²) in [6.45, 7) is 3.50. The number of allylic oxidation sites excluding steroid dienone is 1. The van der Waals surface area contributed by atoms with Crippen molar-refractivity contribution < 1.29 is 4.79 Å². The van der Waals surface area contributed by atoms with Gasteiger partial charge in [-0.25, -0.2) is 0 Å². The molecule has 4 rings (SSSR count). The van der Waals surface area contributed by atoms with Gasteiger partial charge in [0.05, 0.1) is 0 Å². The molecular weight excluding hydrogens is 224 g/mol. The third kappa shape index (κ3) is 1.56. The molecule has 4 aliphatic rings. The van der Waals surface area contributed by atoms with Gasteiger partial charge in [0.15, 0.2) is 0 Å². The number of hydrogen-bond donors (Lipinski definition) is 0. The molecule has 0 aromatic carbocycles. The van der Waals surface area contributed by atoms with Crippen LogP contribution >= 0.6 is 0 Å². The van der Waals surface area contributed by atoms with E-state index in [2.05, 4.69) is 15.9 Å². The normalized spacial score (nSPS) is 40.0. The largest absolute Gasteiger partial charge is 0.316 e. The lowest BCUT2D eigenvalue weighted by molar-refractivity contribution is -0.134. The number of nitrogens with zero attached hydrogens (tertiary/aromatic N) is 2. The first-order valence-electron chi connectivity index (χ1n) is 7.57. The Labute approximate surface area is 109 Å². The minimum atomic E-state index is 0.381. The molecule has 2 bridgehead atoms. The fraction of sp³-hybridized carbons (Fsp3) is 0.800. The lowest BCUT2D eigenvalue weighted by Crippen LogP contribution is -2.59. The summed E-state index contributed by atoms with van der Waals surface area (Å²) in [7, 11) is 0. The lowest BCUT2D eigenvalue weighted by Gasteiger charge is -2.54. The average molecular weight is 246 g/mol. The number of carbonyl (C=O) groups excluding carboxylic acids is 1. The van der Waals surface area contributed by atoms with Crippen molar-refractivity contribution in [2.24, 2.45) is 11.8 Å². The van der Waals surface area contributed by atoms with Crippen molar-refractivity contribution in [1.82, 2.24) is 9.80 Å². The zero-order chi connectivity index (χ0) is 12.1. The zero-order valence-corrected chi connectivity index (χ0v) is 11.0. The van der Waals surface area contributed by atoms with Crippen molar-refractivity contribution in [3.05, 3.63) is 11.8 Å². The van der Waals surface area contributed by atoms with Gasteiger partial charge in [-0.1, -0.05) is 12.5 Å². The molecule has 3 saturated heterocycles. The summed E-state index contributed by atoms with van der Waals surface area (Å²) >= 11 is 0. The van der Waals surface area contributed by atoms with Crippen LogP contribution in [0.2, 0.25) is 0 Å². The minimum Gasteiger partial charge on any atom is -0.316 e. The topological polar surface area (TPSA) is 23.6 Å². The summed E-state index contributed by atoms with van der Waals surface area (Å²) in [6, 6.07) is 0.770. The van der Waals surface area contributed by atoms with Crippen molar-refractivity contribution in [3.8, 4) is 0 Å². The third-order valence-electron chi connectivity index (χ3n) is 5.41. The molecule has 1 amide bonds. The van der Waals surface area contributed by atoms with Crippen LogP contribution in [-0.4, -0.2) is 41.4 Å². The predicted molar refractivity (Wildman–Crippen MR) is 69.8 cm³/mol. The van der Waals surface area contributed by atoms with Gasteiger partial charge in [-0.3, -0.25) is 9.69 Å².